The smallest absolute Gasteiger partial charge is 0.0730 e. The molecule has 0 unspecified atom stereocenters. The maximum Gasteiger partial charge on any atom is 0.0730 e. The first-order chi connectivity index (χ1) is 14.8. The van der Waals surface area contributed by atoms with E-state index in [1.165, 1.54) is 11.1 Å². The molecule has 4 rings (SSSR count). The molecule has 3 nitrogen and oxygen atoms in total. The van der Waals surface area contributed by atoms with Gasteiger partial charge in [-0.05, 0) is 57.9 Å². The van der Waals surface area contributed by atoms with Crippen molar-refractivity contribution in [1.29, 1.82) is 0 Å². The normalized spacial score (nSPS) is 15.0. The van der Waals surface area contributed by atoms with Crippen LogP contribution in [0.5, 0.6) is 0 Å². The van der Waals surface area contributed by atoms with Crippen LogP contribution in [0.1, 0.15) is 47.5 Å². The van der Waals surface area contributed by atoms with E-state index in [4.69, 9.17) is 28.2 Å². The molecule has 0 spiro atoms. The fourth-order valence-electron chi connectivity index (χ4n) is 4.10. The largest absolute Gasteiger partial charge is 0.371 e. The third kappa shape index (κ3) is 5.91. The molecule has 1 saturated heterocycles. The number of pyridine rings is 1. The monoisotopic (exact) mass is 457 g/mol. The summed E-state index contributed by atoms with van der Waals surface area (Å²) in [5.41, 5.74) is 4.30. The molecule has 1 aliphatic rings. The zero-order chi connectivity index (χ0) is 22.6. The minimum absolute atomic E-state index is 0.150. The highest BCUT2D eigenvalue weighted by Gasteiger charge is 2.24. The van der Waals surface area contributed by atoms with Crippen molar-refractivity contribution < 1.29 is 0 Å². The van der Waals surface area contributed by atoms with E-state index in [0.717, 1.165) is 42.7 Å². The lowest BCUT2D eigenvalue weighted by molar-refractivity contribution is 0.317. The Kier molecular flexibility index (Phi) is 7.85. The minimum atomic E-state index is 0.150. The first-order valence-electron chi connectivity index (χ1n) is 11.2. The van der Waals surface area contributed by atoms with Gasteiger partial charge < -0.3 is 10.2 Å². The van der Waals surface area contributed by atoms with Crippen molar-refractivity contribution >= 4 is 39.8 Å². The van der Waals surface area contributed by atoms with Crippen LogP contribution in [0.3, 0.4) is 0 Å². The summed E-state index contributed by atoms with van der Waals surface area (Å²) >= 11 is 12.4. The number of rotatable bonds is 3. The first-order valence-corrected chi connectivity index (χ1v) is 11.9. The lowest BCUT2D eigenvalue weighted by atomic mass is 9.98. The fraction of sp³-hybridized carbons (Fsp3) is 0.423. The van der Waals surface area contributed by atoms with Crippen LogP contribution in [0, 0.1) is 0 Å². The van der Waals surface area contributed by atoms with E-state index in [1.807, 2.05) is 38.1 Å². The van der Waals surface area contributed by atoms with Gasteiger partial charge in [-0.25, -0.2) is 4.98 Å². The number of aromatic nitrogens is 1. The van der Waals surface area contributed by atoms with Gasteiger partial charge in [0.25, 0.3) is 0 Å². The molecule has 0 saturated carbocycles. The molecular weight excluding hydrogens is 425 g/mol. The molecule has 5 heteroatoms. The van der Waals surface area contributed by atoms with Gasteiger partial charge in [0.1, 0.15) is 0 Å². The third-order valence-corrected chi connectivity index (χ3v) is 6.12. The highest BCUT2D eigenvalue weighted by atomic mass is 35.5. The quantitative estimate of drug-likeness (QED) is 0.438. The number of hydrogen-bond donors (Lipinski definition) is 1. The summed E-state index contributed by atoms with van der Waals surface area (Å²) in [6.45, 7) is 12.8. The van der Waals surface area contributed by atoms with Crippen LogP contribution in [-0.4, -0.2) is 29.7 Å². The summed E-state index contributed by atoms with van der Waals surface area (Å²) in [5, 5.41) is 6.05. The number of benzene rings is 2. The van der Waals surface area contributed by atoms with Crippen LogP contribution in [0.2, 0.25) is 10.0 Å². The average molecular weight is 458 g/mol. The highest BCUT2D eigenvalue weighted by molar-refractivity contribution is 6.42. The number of para-hydroxylation sites is 1. The Hall–Kier alpha value is -1.81. The van der Waals surface area contributed by atoms with Gasteiger partial charge in [0.05, 0.1) is 21.3 Å². The van der Waals surface area contributed by atoms with Crippen LogP contribution in [-0.2, 0) is 0 Å². The van der Waals surface area contributed by atoms with Crippen molar-refractivity contribution in [1.82, 2.24) is 10.3 Å². The molecule has 0 atom stereocenters. The Balaban J connectivity index is 0.00000132. The van der Waals surface area contributed by atoms with Crippen molar-refractivity contribution in [2.45, 2.75) is 59.0 Å². The van der Waals surface area contributed by atoms with Gasteiger partial charge in [-0.15, -0.1) is 0 Å². The second-order valence-electron chi connectivity index (χ2n) is 8.83. The molecule has 1 N–H and O–H groups in total. The predicted molar refractivity (Wildman–Crippen MR) is 137 cm³/mol. The second kappa shape index (κ2) is 10.2. The fourth-order valence-corrected chi connectivity index (χ4v) is 4.40. The summed E-state index contributed by atoms with van der Waals surface area (Å²) in [4.78, 5) is 7.39. The molecule has 0 bridgehead atoms. The summed E-state index contributed by atoms with van der Waals surface area (Å²) in [5.74, 6) is 0. The number of nitrogens with one attached hydrogen (secondary N) is 1. The van der Waals surface area contributed by atoms with Crippen molar-refractivity contribution in [3.63, 3.8) is 0 Å². The summed E-state index contributed by atoms with van der Waals surface area (Å²) in [7, 11) is 0. The number of halogens is 2. The Morgan fingerprint density at radius 1 is 0.935 bits per heavy atom. The molecule has 1 aliphatic heterocycles. The SMILES string of the molecule is CC.CC(C)(C)NC1CCN(c2cc(-c3ccc(Cl)c(Cl)c3)nc3ccccc23)CC1. The van der Waals surface area contributed by atoms with Crippen molar-refractivity contribution in [3.05, 3.63) is 58.6 Å². The Morgan fingerprint density at radius 3 is 2.26 bits per heavy atom. The lowest BCUT2D eigenvalue weighted by Gasteiger charge is -2.37. The Labute approximate surface area is 196 Å². The van der Waals surface area contributed by atoms with E-state index in [9.17, 15) is 0 Å². The number of nitrogens with zero attached hydrogens (tertiary/aromatic N) is 2. The highest BCUT2D eigenvalue weighted by Crippen LogP contribution is 2.34. The van der Waals surface area contributed by atoms with Crippen molar-refractivity contribution in [2.24, 2.45) is 0 Å². The molecule has 3 aromatic rings. The lowest BCUT2D eigenvalue weighted by Crippen LogP contribution is -2.49. The standard InChI is InChI=1S/C24H27Cl2N3.C2H6/c1-24(2,3)28-17-10-12-29(13-11-17)23-15-22(16-8-9-19(25)20(26)14-16)27-21-7-5-4-6-18(21)23;1-2/h4-9,14-15,17,28H,10-13H2,1-3H3;1-2H3. The van der Waals surface area contributed by atoms with Crippen LogP contribution in [0.15, 0.2) is 48.5 Å². The van der Waals surface area contributed by atoms with E-state index in [-0.39, 0.29) is 5.54 Å². The Bertz CT molecular complexity index is 1020. The molecule has 1 aromatic heterocycles. The zero-order valence-electron chi connectivity index (χ0n) is 19.2. The van der Waals surface area contributed by atoms with Gasteiger partial charge in [0.2, 0.25) is 0 Å². The van der Waals surface area contributed by atoms with E-state index >= 15 is 0 Å². The van der Waals surface area contributed by atoms with Crippen molar-refractivity contribution in [2.75, 3.05) is 18.0 Å². The number of hydrogen-bond acceptors (Lipinski definition) is 3. The zero-order valence-corrected chi connectivity index (χ0v) is 20.7. The van der Waals surface area contributed by atoms with Gasteiger partial charge in [-0.1, -0.05) is 61.3 Å². The summed E-state index contributed by atoms with van der Waals surface area (Å²) in [6.07, 6.45) is 2.27. The van der Waals surface area contributed by atoms with Gasteiger partial charge in [0, 0.05) is 41.3 Å². The maximum atomic E-state index is 6.26. The third-order valence-electron chi connectivity index (χ3n) is 5.38. The molecule has 0 amide bonds. The molecule has 166 valence electrons. The van der Waals surface area contributed by atoms with Gasteiger partial charge in [0.15, 0.2) is 0 Å². The van der Waals surface area contributed by atoms with Gasteiger partial charge >= 0.3 is 0 Å². The van der Waals surface area contributed by atoms with Crippen LogP contribution in [0.4, 0.5) is 5.69 Å². The first kappa shape index (κ1) is 23.8. The molecule has 2 aromatic carbocycles. The van der Waals surface area contributed by atoms with Crippen LogP contribution < -0.4 is 10.2 Å². The van der Waals surface area contributed by atoms with Gasteiger partial charge in [-0.3, -0.25) is 0 Å². The van der Waals surface area contributed by atoms with Crippen LogP contribution in [0.25, 0.3) is 22.2 Å². The van der Waals surface area contributed by atoms with E-state index in [0.29, 0.717) is 16.1 Å². The molecule has 1 fully saturated rings. The Morgan fingerprint density at radius 2 is 1.61 bits per heavy atom. The molecule has 2 heterocycles. The van der Waals surface area contributed by atoms with Gasteiger partial charge in [-0.2, -0.15) is 0 Å². The summed E-state index contributed by atoms with van der Waals surface area (Å²) in [6, 6.07) is 16.8. The maximum absolute atomic E-state index is 6.26. The van der Waals surface area contributed by atoms with Crippen molar-refractivity contribution in [3.8, 4) is 11.3 Å². The predicted octanol–water partition coefficient (Wildman–Crippen LogP) is 7.59. The summed E-state index contributed by atoms with van der Waals surface area (Å²) < 4.78 is 0. The average Bonchev–Trinajstić information content (AvgIpc) is 2.76. The van der Waals surface area contributed by atoms with Crippen LogP contribution >= 0.6 is 23.2 Å². The van der Waals surface area contributed by atoms with E-state index in [2.05, 4.69) is 55.3 Å². The minimum Gasteiger partial charge on any atom is -0.371 e. The second-order valence-corrected chi connectivity index (χ2v) is 9.64. The molecular formula is C26H33Cl2N3. The number of fused-ring (bicyclic) bond motifs is 1. The molecule has 31 heavy (non-hydrogen) atoms. The number of anilines is 1. The topological polar surface area (TPSA) is 28.2 Å². The molecule has 0 aliphatic carbocycles. The molecule has 0 radical (unpaired) electrons. The number of piperidine rings is 1. The van der Waals surface area contributed by atoms with E-state index in [1.54, 1.807) is 0 Å². The van der Waals surface area contributed by atoms with E-state index < -0.39 is 0 Å².